The Morgan fingerprint density at radius 1 is 1.50 bits per heavy atom. The van der Waals surface area contributed by atoms with E-state index in [-0.39, 0.29) is 29.9 Å². The highest BCUT2D eigenvalue weighted by Crippen LogP contribution is 2.29. The molecular weight excluding hydrogens is 294 g/mol. The number of ether oxygens (including phenoxy) is 1. The first-order valence-corrected chi connectivity index (χ1v) is 6.46. The second kappa shape index (κ2) is 5.98. The molecule has 1 fully saturated rings. The van der Waals surface area contributed by atoms with E-state index in [0.29, 0.717) is 0 Å². The number of carbonyl (C=O) groups is 2. The highest BCUT2D eigenvalue weighted by atomic mass is 16.6. The van der Waals surface area contributed by atoms with E-state index in [2.05, 4.69) is 0 Å². The average molecular weight is 309 g/mol. The minimum atomic E-state index is -1.16. The van der Waals surface area contributed by atoms with Crippen molar-refractivity contribution in [3.05, 3.63) is 33.9 Å². The molecule has 0 bridgehead atoms. The van der Waals surface area contributed by atoms with Gasteiger partial charge >= 0.3 is 5.97 Å². The van der Waals surface area contributed by atoms with Gasteiger partial charge in [0.05, 0.1) is 16.6 Å². The Labute approximate surface area is 125 Å². The summed E-state index contributed by atoms with van der Waals surface area (Å²) in [6, 6.07) is 2.81. The zero-order valence-electron chi connectivity index (χ0n) is 11.8. The van der Waals surface area contributed by atoms with Crippen LogP contribution in [0.3, 0.4) is 0 Å². The van der Waals surface area contributed by atoms with Crippen LogP contribution in [0.5, 0.6) is 0 Å². The molecule has 1 heterocycles. The maximum Gasteiger partial charge on any atom is 0.326 e. The molecule has 1 saturated heterocycles. The smallest absolute Gasteiger partial charge is 0.326 e. The van der Waals surface area contributed by atoms with E-state index in [9.17, 15) is 24.8 Å². The van der Waals surface area contributed by atoms with Crippen molar-refractivity contribution in [1.29, 1.82) is 0 Å². The Morgan fingerprint density at radius 2 is 2.18 bits per heavy atom. The van der Waals surface area contributed by atoms with E-state index in [1.165, 1.54) is 25.3 Å². The summed E-state index contributed by atoms with van der Waals surface area (Å²) in [5.41, 5.74) is 4.92. The van der Waals surface area contributed by atoms with Crippen LogP contribution in [0.4, 0.5) is 11.4 Å². The van der Waals surface area contributed by atoms with Crippen LogP contribution in [0, 0.1) is 10.1 Å². The lowest BCUT2D eigenvalue weighted by Crippen LogP contribution is -2.40. The molecule has 1 aliphatic heterocycles. The zero-order chi connectivity index (χ0) is 16.4. The fourth-order valence-corrected chi connectivity index (χ4v) is 2.48. The largest absolute Gasteiger partial charge is 0.480 e. The number of anilines is 1. The minimum Gasteiger partial charge on any atom is -0.480 e. The quantitative estimate of drug-likeness (QED) is 0.469. The lowest BCUT2D eigenvalue weighted by atomic mass is 10.1. The van der Waals surface area contributed by atoms with Gasteiger partial charge in [-0.3, -0.25) is 14.9 Å². The number of likely N-dealkylation sites (tertiary alicyclic amines) is 1. The Bertz CT molecular complexity index is 632. The number of carboxylic acid groups (broad SMARTS) is 1. The topological polar surface area (TPSA) is 136 Å². The first-order chi connectivity index (χ1) is 10.4. The van der Waals surface area contributed by atoms with Crippen molar-refractivity contribution >= 4 is 23.3 Å². The van der Waals surface area contributed by atoms with E-state index < -0.39 is 28.9 Å². The highest BCUT2D eigenvalue weighted by molar-refractivity contribution is 6.02. The van der Waals surface area contributed by atoms with Crippen molar-refractivity contribution in [3.63, 3.8) is 0 Å². The molecule has 9 heteroatoms. The monoisotopic (exact) mass is 309 g/mol. The van der Waals surface area contributed by atoms with Crippen LogP contribution >= 0.6 is 0 Å². The van der Waals surface area contributed by atoms with Gasteiger partial charge in [-0.25, -0.2) is 4.79 Å². The molecule has 118 valence electrons. The van der Waals surface area contributed by atoms with Gasteiger partial charge in [0.2, 0.25) is 0 Å². The number of benzene rings is 1. The van der Waals surface area contributed by atoms with Gasteiger partial charge in [-0.15, -0.1) is 0 Å². The summed E-state index contributed by atoms with van der Waals surface area (Å²) in [6.45, 7) is 0.0917. The lowest BCUT2D eigenvalue weighted by molar-refractivity contribution is -0.383. The second-order valence-electron chi connectivity index (χ2n) is 4.90. The molecule has 0 saturated carbocycles. The van der Waals surface area contributed by atoms with Crippen LogP contribution in [0.25, 0.3) is 0 Å². The number of aliphatic carboxylic acids is 1. The summed E-state index contributed by atoms with van der Waals surface area (Å²) in [7, 11) is 1.43. The normalized spacial score (nSPS) is 20.9. The van der Waals surface area contributed by atoms with E-state index in [1.807, 2.05) is 0 Å². The van der Waals surface area contributed by atoms with Gasteiger partial charge in [0.25, 0.3) is 11.6 Å². The van der Waals surface area contributed by atoms with Crippen molar-refractivity contribution in [1.82, 2.24) is 4.90 Å². The van der Waals surface area contributed by atoms with Crippen molar-refractivity contribution < 1.29 is 24.4 Å². The van der Waals surface area contributed by atoms with Crippen molar-refractivity contribution in [2.75, 3.05) is 19.4 Å². The maximum absolute atomic E-state index is 12.5. The number of methoxy groups -OCH3 is 1. The number of rotatable bonds is 4. The third kappa shape index (κ3) is 2.70. The van der Waals surface area contributed by atoms with E-state index in [0.717, 1.165) is 4.90 Å². The number of carbonyl (C=O) groups excluding carboxylic acids is 1. The molecule has 3 N–H and O–H groups in total. The molecule has 0 radical (unpaired) electrons. The Morgan fingerprint density at radius 3 is 2.73 bits per heavy atom. The molecule has 0 aromatic heterocycles. The number of nitrogens with two attached hydrogens (primary N) is 1. The Balaban J connectivity index is 2.37. The first kappa shape index (κ1) is 15.7. The molecule has 9 nitrogen and oxygen atoms in total. The fourth-order valence-electron chi connectivity index (χ4n) is 2.48. The SMILES string of the molecule is COC1CC(C(=O)O)N(C(=O)c2cccc([N+](=O)[O-])c2N)C1. The summed E-state index contributed by atoms with van der Waals surface area (Å²) in [5, 5.41) is 20.1. The number of nitrogens with zero attached hydrogens (tertiary/aromatic N) is 2. The number of nitro groups is 1. The first-order valence-electron chi connectivity index (χ1n) is 6.46. The van der Waals surface area contributed by atoms with Crippen LogP contribution < -0.4 is 5.73 Å². The molecule has 2 rings (SSSR count). The molecular formula is C13H15N3O6. The molecule has 0 aliphatic carbocycles. The number of nitrogen functional groups attached to an aromatic ring is 1. The predicted octanol–water partition coefficient (Wildman–Crippen LogP) is 0.491. The van der Waals surface area contributed by atoms with Gasteiger partial charge in [-0.1, -0.05) is 6.07 Å². The number of hydrogen-bond donors (Lipinski definition) is 2. The summed E-state index contributed by atoms with van der Waals surface area (Å²) in [6.07, 6.45) is -0.239. The summed E-state index contributed by atoms with van der Waals surface area (Å²) >= 11 is 0. The lowest BCUT2D eigenvalue weighted by Gasteiger charge is -2.21. The van der Waals surface area contributed by atoms with Crippen LogP contribution in [0.1, 0.15) is 16.8 Å². The predicted molar refractivity (Wildman–Crippen MR) is 75.4 cm³/mol. The highest BCUT2D eigenvalue weighted by Gasteiger charge is 2.41. The second-order valence-corrected chi connectivity index (χ2v) is 4.90. The number of amides is 1. The van der Waals surface area contributed by atoms with Gasteiger partial charge in [0.1, 0.15) is 11.7 Å². The van der Waals surface area contributed by atoms with Gasteiger partial charge in [0, 0.05) is 26.1 Å². The molecule has 1 aromatic carbocycles. The number of para-hydroxylation sites is 1. The molecule has 0 spiro atoms. The van der Waals surface area contributed by atoms with Gasteiger partial charge in [-0.05, 0) is 6.07 Å². The molecule has 22 heavy (non-hydrogen) atoms. The van der Waals surface area contributed by atoms with Crippen LogP contribution in [-0.4, -0.2) is 52.6 Å². The summed E-state index contributed by atoms with van der Waals surface area (Å²) in [4.78, 5) is 35.1. The number of nitro benzene ring substituents is 1. The van der Waals surface area contributed by atoms with Gasteiger partial charge < -0.3 is 20.5 Å². The van der Waals surface area contributed by atoms with Crippen LogP contribution in [0.15, 0.2) is 18.2 Å². The maximum atomic E-state index is 12.5. The van der Waals surface area contributed by atoms with Crippen molar-refractivity contribution in [2.24, 2.45) is 0 Å². The number of carboxylic acids is 1. The van der Waals surface area contributed by atoms with Crippen molar-refractivity contribution in [3.8, 4) is 0 Å². The molecule has 1 aliphatic rings. The van der Waals surface area contributed by atoms with Crippen LogP contribution in [-0.2, 0) is 9.53 Å². The van der Waals surface area contributed by atoms with Crippen LogP contribution in [0.2, 0.25) is 0 Å². The Hall–Kier alpha value is -2.68. The van der Waals surface area contributed by atoms with E-state index in [4.69, 9.17) is 10.5 Å². The molecule has 2 unspecified atom stereocenters. The fraction of sp³-hybridized carbons (Fsp3) is 0.385. The molecule has 1 amide bonds. The third-order valence-electron chi connectivity index (χ3n) is 3.65. The average Bonchev–Trinajstić information content (AvgIpc) is 2.91. The Kier molecular flexibility index (Phi) is 4.27. The van der Waals surface area contributed by atoms with Gasteiger partial charge in [-0.2, -0.15) is 0 Å². The van der Waals surface area contributed by atoms with Gasteiger partial charge in [0.15, 0.2) is 0 Å². The summed E-state index contributed by atoms with van der Waals surface area (Å²) in [5.74, 6) is -1.81. The van der Waals surface area contributed by atoms with E-state index in [1.54, 1.807) is 0 Å². The molecule has 1 aromatic rings. The van der Waals surface area contributed by atoms with E-state index >= 15 is 0 Å². The third-order valence-corrected chi connectivity index (χ3v) is 3.65. The van der Waals surface area contributed by atoms with Crippen molar-refractivity contribution in [2.45, 2.75) is 18.6 Å². The summed E-state index contributed by atoms with van der Waals surface area (Å²) < 4.78 is 5.10. The molecule has 2 atom stereocenters. The minimum absolute atomic E-state index is 0.0859. The standard InChI is InChI=1S/C13H15N3O6/c1-22-7-5-10(13(18)19)15(6-7)12(17)8-3-2-4-9(11(8)14)16(20)21/h2-4,7,10H,5-6,14H2,1H3,(H,18,19). The number of hydrogen-bond acceptors (Lipinski definition) is 6. The zero-order valence-corrected chi connectivity index (χ0v) is 11.8.